The van der Waals surface area contributed by atoms with Crippen molar-refractivity contribution in [3.63, 3.8) is 0 Å². The second-order valence-corrected chi connectivity index (χ2v) is 8.73. The summed E-state index contributed by atoms with van der Waals surface area (Å²) in [7, 11) is 0. The zero-order chi connectivity index (χ0) is 24.5. The molecule has 0 aliphatic carbocycles. The lowest BCUT2D eigenvalue weighted by molar-refractivity contribution is -0.384. The molecular formula is C24H23N7O4. The van der Waals surface area contributed by atoms with Gasteiger partial charge in [-0.3, -0.25) is 19.7 Å². The van der Waals surface area contributed by atoms with E-state index in [9.17, 15) is 19.7 Å². The number of carbonyl (C=O) groups is 1. The maximum absolute atomic E-state index is 12.8. The van der Waals surface area contributed by atoms with Gasteiger partial charge in [-0.25, -0.2) is 9.67 Å². The molecule has 1 aliphatic rings. The molecule has 35 heavy (non-hydrogen) atoms. The van der Waals surface area contributed by atoms with Crippen LogP contribution in [0.4, 0.5) is 5.69 Å². The quantitative estimate of drug-likeness (QED) is 0.347. The molecule has 1 N–H and O–H groups in total. The number of rotatable bonds is 5. The van der Waals surface area contributed by atoms with E-state index in [0.29, 0.717) is 43.0 Å². The van der Waals surface area contributed by atoms with Gasteiger partial charge in [-0.15, -0.1) is 5.10 Å². The van der Waals surface area contributed by atoms with Crippen LogP contribution in [0.25, 0.3) is 11.2 Å². The van der Waals surface area contributed by atoms with E-state index in [1.807, 2.05) is 36.1 Å². The van der Waals surface area contributed by atoms with Crippen molar-refractivity contribution in [1.82, 2.24) is 29.9 Å². The fourth-order valence-electron chi connectivity index (χ4n) is 4.31. The second-order valence-electron chi connectivity index (χ2n) is 8.73. The van der Waals surface area contributed by atoms with Crippen molar-refractivity contribution in [2.24, 2.45) is 0 Å². The Balaban J connectivity index is 1.33. The number of piperidine rings is 1. The molecular weight excluding hydrogens is 450 g/mol. The summed E-state index contributed by atoms with van der Waals surface area (Å²) in [6.45, 7) is 3.39. The first-order valence-electron chi connectivity index (χ1n) is 11.3. The average molecular weight is 473 g/mol. The summed E-state index contributed by atoms with van der Waals surface area (Å²) in [4.78, 5) is 45.2. The summed E-state index contributed by atoms with van der Waals surface area (Å²) in [5.74, 6) is 0.555. The Morgan fingerprint density at radius 2 is 1.80 bits per heavy atom. The van der Waals surface area contributed by atoms with Crippen LogP contribution in [0.1, 0.15) is 46.1 Å². The smallest absolute Gasteiger partial charge is 0.281 e. The summed E-state index contributed by atoms with van der Waals surface area (Å²) in [6, 6.07) is 13.7. The predicted octanol–water partition coefficient (Wildman–Crippen LogP) is 2.80. The Morgan fingerprint density at radius 1 is 1.11 bits per heavy atom. The first-order valence-corrected chi connectivity index (χ1v) is 11.3. The largest absolute Gasteiger partial charge is 0.339 e. The Morgan fingerprint density at radius 3 is 2.46 bits per heavy atom. The molecule has 11 heteroatoms. The number of hydrogen-bond donors (Lipinski definition) is 1. The summed E-state index contributed by atoms with van der Waals surface area (Å²) in [6.07, 6.45) is 1.35. The van der Waals surface area contributed by atoms with Crippen molar-refractivity contribution >= 4 is 22.8 Å². The number of hydrogen-bond acceptors (Lipinski definition) is 7. The van der Waals surface area contributed by atoms with E-state index in [-0.39, 0.29) is 35.1 Å². The molecule has 2 aromatic carbocycles. The van der Waals surface area contributed by atoms with E-state index in [0.717, 1.165) is 11.1 Å². The van der Waals surface area contributed by atoms with Crippen LogP contribution in [0.5, 0.6) is 0 Å². The zero-order valence-electron chi connectivity index (χ0n) is 19.0. The number of H-pyrrole nitrogens is 1. The molecule has 11 nitrogen and oxygen atoms in total. The number of aromatic nitrogens is 5. The van der Waals surface area contributed by atoms with Crippen LogP contribution >= 0.6 is 0 Å². The standard InChI is InChI=1S/C24H23N7O4/c1-15-2-6-18(7-3-15)24(33)29-12-10-17(11-13-29)21-25-22-20(23(32)26-21)27-28-30(22)14-16-4-8-19(9-5-16)31(34)35/h2-9,17H,10-14H2,1H3,(H,25,26,32). The molecule has 5 rings (SSSR count). The SMILES string of the molecule is Cc1ccc(C(=O)N2CCC(c3nc4c(nnn4Cc4ccc([N+](=O)[O-])cc4)c(=O)[nH]3)CC2)cc1. The Bertz CT molecular complexity index is 1450. The minimum atomic E-state index is -0.457. The van der Waals surface area contributed by atoms with Gasteiger partial charge >= 0.3 is 0 Å². The summed E-state index contributed by atoms with van der Waals surface area (Å²) < 4.78 is 1.52. The zero-order valence-corrected chi connectivity index (χ0v) is 19.0. The number of benzene rings is 2. The van der Waals surface area contributed by atoms with Crippen molar-refractivity contribution in [3.8, 4) is 0 Å². The van der Waals surface area contributed by atoms with Gasteiger partial charge in [0.15, 0.2) is 11.2 Å². The van der Waals surface area contributed by atoms with Crippen LogP contribution in [0.2, 0.25) is 0 Å². The first-order chi connectivity index (χ1) is 16.9. The van der Waals surface area contributed by atoms with Crippen molar-refractivity contribution in [2.75, 3.05) is 13.1 Å². The van der Waals surface area contributed by atoms with Crippen LogP contribution in [0.15, 0.2) is 53.3 Å². The molecule has 1 fully saturated rings. The van der Waals surface area contributed by atoms with Gasteiger partial charge in [0.2, 0.25) is 0 Å². The Kier molecular flexibility index (Phi) is 5.81. The third kappa shape index (κ3) is 4.52. The van der Waals surface area contributed by atoms with Gasteiger partial charge in [-0.05, 0) is 37.5 Å². The third-order valence-corrected chi connectivity index (χ3v) is 6.34. The molecule has 1 amide bonds. The van der Waals surface area contributed by atoms with Crippen LogP contribution in [-0.4, -0.2) is 53.8 Å². The fourth-order valence-corrected chi connectivity index (χ4v) is 4.31. The van der Waals surface area contributed by atoms with E-state index in [1.165, 1.54) is 16.8 Å². The number of nitro groups is 1. The molecule has 0 saturated carbocycles. The third-order valence-electron chi connectivity index (χ3n) is 6.34. The van der Waals surface area contributed by atoms with Crippen molar-refractivity contribution in [1.29, 1.82) is 0 Å². The molecule has 1 aliphatic heterocycles. The number of amides is 1. The van der Waals surface area contributed by atoms with Crippen LogP contribution in [0, 0.1) is 17.0 Å². The highest BCUT2D eigenvalue weighted by Gasteiger charge is 2.27. The van der Waals surface area contributed by atoms with Crippen molar-refractivity contribution in [2.45, 2.75) is 32.2 Å². The van der Waals surface area contributed by atoms with Gasteiger partial charge in [-0.1, -0.05) is 35.0 Å². The van der Waals surface area contributed by atoms with E-state index in [1.54, 1.807) is 12.1 Å². The molecule has 0 radical (unpaired) electrons. The van der Waals surface area contributed by atoms with Gasteiger partial charge < -0.3 is 9.88 Å². The van der Waals surface area contributed by atoms with Crippen LogP contribution in [0.3, 0.4) is 0 Å². The van der Waals surface area contributed by atoms with Gasteiger partial charge in [0, 0.05) is 36.7 Å². The summed E-state index contributed by atoms with van der Waals surface area (Å²) >= 11 is 0. The van der Waals surface area contributed by atoms with E-state index < -0.39 is 4.92 Å². The number of non-ortho nitro benzene ring substituents is 1. The number of nitrogens with zero attached hydrogens (tertiary/aromatic N) is 6. The number of carbonyl (C=O) groups excluding carboxylic acids is 1. The lowest BCUT2D eigenvalue weighted by atomic mass is 9.95. The highest BCUT2D eigenvalue weighted by atomic mass is 16.6. The molecule has 0 spiro atoms. The van der Waals surface area contributed by atoms with Gasteiger partial charge in [-0.2, -0.15) is 0 Å². The van der Waals surface area contributed by atoms with E-state index >= 15 is 0 Å². The van der Waals surface area contributed by atoms with Crippen LogP contribution < -0.4 is 5.56 Å². The highest BCUT2D eigenvalue weighted by Crippen LogP contribution is 2.26. The van der Waals surface area contributed by atoms with Crippen molar-refractivity contribution in [3.05, 3.63) is 91.5 Å². The van der Waals surface area contributed by atoms with Gasteiger partial charge in [0.1, 0.15) is 5.82 Å². The minimum Gasteiger partial charge on any atom is -0.339 e. The van der Waals surface area contributed by atoms with Crippen LogP contribution in [-0.2, 0) is 6.54 Å². The van der Waals surface area contributed by atoms with Gasteiger partial charge in [0.05, 0.1) is 11.5 Å². The molecule has 0 unspecified atom stereocenters. The monoisotopic (exact) mass is 473 g/mol. The molecule has 0 atom stereocenters. The topological polar surface area (TPSA) is 140 Å². The van der Waals surface area contributed by atoms with E-state index in [4.69, 9.17) is 0 Å². The Hall–Kier alpha value is -4.41. The molecule has 4 aromatic rings. The number of aromatic amines is 1. The maximum atomic E-state index is 12.8. The number of nitrogens with one attached hydrogen (secondary N) is 1. The lowest BCUT2D eigenvalue weighted by Gasteiger charge is -2.31. The average Bonchev–Trinajstić information content (AvgIpc) is 3.27. The number of likely N-dealkylation sites (tertiary alicyclic amines) is 1. The molecule has 2 aromatic heterocycles. The molecule has 0 bridgehead atoms. The first kappa shape index (κ1) is 22.4. The van der Waals surface area contributed by atoms with Crippen molar-refractivity contribution < 1.29 is 9.72 Å². The normalized spacial score (nSPS) is 14.4. The summed E-state index contributed by atoms with van der Waals surface area (Å²) in [5, 5.41) is 18.9. The number of nitro benzene ring substituents is 1. The number of fused-ring (bicyclic) bond motifs is 1. The fraction of sp³-hybridized carbons (Fsp3) is 0.292. The van der Waals surface area contributed by atoms with Gasteiger partial charge in [0.25, 0.3) is 17.2 Å². The summed E-state index contributed by atoms with van der Waals surface area (Å²) in [5.41, 5.74) is 2.69. The second kappa shape index (κ2) is 9.09. The maximum Gasteiger partial charge on any atom is 0.281 e. The minimum absolute atomic E-state index is 0.00116. The Labute approximate surface area is 199 Å². The predicted molar refractivity (Wildman–Crippen MR) is 127 cm³/mol. The lowest BCUT2D eigenvalue weighted by Crippen LogP contribution is -2.38. The molecule has 3 heterocycles. The number of aryl methyl sites for hydroxylation is 1. The van der Waals surface area contributed by atoms with E-state index in [2.05, 4.69) is 20.3 Å². The molecule has 178 valence electrons. The molecule has 1 saturated heterocycles. The highest BCUT2D eigenvalue weighted by molar-refractivity contribution is 5.94.